The van der Waals surface area contributed by atoms with Gasteiger partial charge in [0.05, 0.1) is 6.10 Å². The summed E-state index contributed by atoms with van der Waals surface area (Å²) in [4.78, 5) is 11.6. The Morgan fingerprint density at radius 2 is 2.00 bits per heavy atom. The van der Waals surface area contributed by atoms with Crippen molar-refractivity contribution in [3.8, 4) is 5.75 Å². The molecule has 1 N–H and O–H groups in total. The van der Waals surface area contributed by atoms with E-state index < -0.39 is 11.4 Å². The maximum atomic E-state index is 9.90. The van der Waals surface area contributed by atoms with Gasteiger partial charge in [-0.25, -0.2) is 4.89 Å². The zero-order valence-corrected chi connectivity index (χ0v) is 13.7. The van der Waals surface area contributed by atoms with Gasteiger partial charge in [0.15, 0.2) is 5.60 Å². The van der Waals surface area contributed by atoms with Crippen LogP contribution in [-0.2, 0) is 20.3 Å². The quantitative estimate of drug-likeness (QED) is 0.800. The van der Waals surface area contributed by atoms with Crippen LogP contribution >= 0.6 is 0 Å². The molecule has 0 unspecified atom stereocenters. The molecular formula is C18H24O4. The van der Waals surface area contributed by atoms with Gasteiger partial charge in [0.2, 0.25) is 0 Å². The highest BCUT2D eigenvalue weighted by Crippen LogP contribution is 2.74. The summed E-state index contributed by atoms with van der Waals surface area (Å²) in [6, 6.07) is 7.17. The highest BCUT2D eigenvalue weighted by atomic mass is 17.3. The molecule has 4 nitrogen and oxygen atoms in total. The molecule has 2 heterocycles. The number of fused-ring (bicyclic) bond motifs is 3. The van der Waals surface area contributed by atoms with Crippen molar-refractivity contribution in [2.45, 2.75) is 64.4 Å². The van der Waals surface area contributed by atoms with Crippen LogP contribution in [-0.4, -0.2) is 16.8 Å². The number of benzene rings is 1. The van der Waals surface area contributed by atoms with E-state index in [1.54, 1.807) is 12.1 Å². The van der Waals surface area contributed by atoms with Crippen molar-refractivity contribution in [3.63, 3.8) is 0 Å². The second-order valence-electron chi connectivity index (χ2n) is 8.18. The smallest absolute Gasteiger partial charge is 0.261 e. The molecule has 0 spiro atoms. The van der Waals surface area contributed by atoms with Crippen molar-refractivity contribution in [1.29, 1.82) is 0 Å². The molecule has 0 aromatic heterocycles. The van der Waals surface area contributed by atoms with Crippen molar-refractivity contribution < 1.29 is 19.6 Å². The number of rotatable bonds is 1. The molecule has 1 saturated carbocycles. The lowest BCUT2D eigenvalue weighted by atomic mass is 9.55. The summed E-state index contributed by atoms with van der Waals surface area (Å²) < 4.78 is 6.49. The van der Waals surface area contributed by atoms with Gasteiger partial charge < -0.3 is 9.84 Å². The largest absolute Gasteiger partial charge is 0.508 e. The summed E-state index contributed by atoms with van der Waals surface area (Å²) in [6.45, 7) is 8.82. The lowest BCUT2D eigenvalue weighted by molar-refractivity contribution is -0.628. The third-order valence-electron chi connectivity index (χ3n) is 6.02. The van der Waals surface area contributed by atoms with E-state index in [-0.39, 0.29) is 22.7 Å². The van der Waals surface area contributed by atoms with E-state index in [0.717, 1.165) is 24.8 Å². The minimum Gasteiger partial charge on any atom is -0.508 e. The van der Waals surface area contributed by atoms with Crippen molar-refractivity contribution in [3.05, 3.63) is 29.8 Å². The van der Waals surface area contributed by atoms with Crippen LogP contribution in [0.5, 0.6) is 5.75 Å². The third-order valence-corrected chi connectivity index (χ3v) is 6.02. The van der Waals surface area contributed by atoms with Gasteiger partial charge in [-0.1, -0.05) is 46.2 Å². The fourth-order valence-corrected chi connectivity index (χ4v) is 5.21. The van der Waals surface area contributed by atoms with Gasteiger partial charge in [0.25, 0.3) is 5.79 Å². The van der Waals surface area contributed by atoms with Gasteiger partial charge in [-0.15, -0.1) is 0 Å². The molecule has 120 valence electrons. The minimum absolute atomic E-state index is 0.0883. The Morgan fingerprint density at radius 1 is 1.23 bits per heavy atom. The standard InChI is InChI=1S/C18H24O4/c1-15(2,3)18-16(4)10-6-9-14(16)20-17(18,21-22-18)12-7-5-8-13(19)11-12/h5,7-8,11,14,19H,6,9-10H2,1-4H3/t14-,16+,17-,18-/m0/s1. The Balaban J connectivity index is 1.93. The molecule has 2 aliphatic heterocycles. The van der Waals surface area contributed by atoms with Gasteiger partial charge in [-0.2, -0.15) is 4.89 Å². The van der Waals surface area contributed by atoms with E-state index in [1.165, 1.54) is 0 Å². The summed E-state index contributed by atoms with van der Waals surface area (Å²) >= 11 is 0. The van der Waals surface area contributed by atoms with E-state index in [4.69, 9.17) is 14.5 Å². The number of aromatic hydroxyl groups is 1. The highest BCUT2D eigenvalue weighted by Gasteiger charge is 2.85. The molecule has 4 heteroatoms. The molecular weight excluding hydrogens is 280 g/mol. The summed E-state index contributed by atoms with van der Waals surface area (Å²) in [5.74, 6) is -0.708. The summed E-state index contributed by atoms with van der Waals surface area (Å²) in [6.07, 6.45) is 3.37. The van der Waals surface area contributed by atoms with Crippen molar-refractivity contribution >= 4 is 0 Å². The predicted molar refractivity (Wildman–Crippen MR) is 81.0 cm³/mol. The van der Waals surface area contributed by atoms with Crippen LogP contribution in [0.2, 0.25) is 0 Å². The summed E-state index contributed by atoms with van der Waals surface area (Å²) in [5.41, 5.74) is 0.0332. The third kappa shape index (κ3) is 1.35. The fourth-order valence-electron chi connectivity index (χ4n) is 5.21. The molecule has 2 saturated heterocycles. The maximum Gasteiger partial charge on any atom is 0.261 e. The van der Waals surface area contributed by atoms with Gasteiger partial charge >= 0.3 is 0 Å². The fraction of sp³-hybridized carbons (Fsp3) is 0.667. The second kappa shape index (κ2) is 4.05. The average Bonchev–Trinajstić information content (AvgIpc) is 2.80. The van der Waals surface area contributed by atoms with Crippen LogP contribution in [0.4, 0.5) is 0 Å². The topological polar surface area (TPSA) is 47.9 Å². The Hall–Kier alpha value is -1.10. The average molecular weight is 304 g/mol. The number of phenolic OH excluding ortho intramolecular Hbond substituents is 1. The first kappa shape index (κ1) is 14.5. The Morgan fingerprint density at radius 3 is 2.59 bits per heavy atom. The number of ether oxygens (including phenoxy) is 1. The molecule has 1 aromatic carbocycles. The zero-order valence-electron chi connectivity index (χ0n) is 13.7. The normalized spacial score (nSPS) is 43.5. The van der Waals surface area contributed by atoms with Crippen LogP contribution in [0, 0.1) is 10.8 Å². The predicted octanol–water partition coefficient (Wildman–Crippen LogP) is 3.88. The molecule has 0 radical (unpaired) electrons. The van der Waals surface area contributed by atoms with E-state index in [0.29, 0.717) is 0 Å². The number of phenols is 1. The zero-order chi connectivity index (χ0) is 15.8. The molecule has 0 bridgehead atoms. The Bertz CT molecular complexity index is 622. The van der Waals surface area contributed by atoms with Crippen molar-refractivity contribution in [2.24, 2.45) is 10.8 Å². The van der Waals surface area contributed by atoms with Crippen LogP contribution in [0.25, 0.3) is 0 Å². The van der Waals surface area contributed by atoms with Gasteiger partial charge in [0, 0.05) is 16.4 Å². The number of hydrogen-bond acceptors (Lipinski definition) is 4. The maximum absolute atomic E-state index is 9.90. The number of hydrogen-bond donors (Lipinski definition) is 1. The van der Waals surface area contributed by atoms with Crippen LogP contribution in [0.1, 0.15) is 52.5 Å². The minimum atomic E-state index is -0.927. The Labute approximate surface area is 131 Å². The Kier molecular flexibility index (Phi) is 2.67. The lowest BCUT2D eigenvalue weighted by Crippen LogP contribution is -2.73. The monoisotopic (exact) mass is 304 g/mol. The van der Waals surface area contributed by atoms with Gasteiger partial charge in [0.1, 0.15) is 5.75 Å². The SMILES string of the molecule is CC(C)(C)[C@@]12OO[C@]1(c1cccc(O)c1)O[C@H]1CCC[C@]12C. The van der Waals surface area contributed by atoms with E-state index in [2.05, 4.69) is 27.7 Å². The molecule has 0 amide bonds. The van der Waals surface area contributed by atoms with Crippen molar-refractivity contribution in [2.75, 3.05) is 0 Å². The second-order valence-corrected chi connectivity index (χ2v) is 8.18. The van der Waals surface area contributed by atoms with Gasteiger partial charge in [-0.05, 0) is 25.0 Å². The summed E-state index contributed by atoms with van der Waals surface area (Å²) in [7, 11) is 0. The van der Waals surface area contributed by atoms with Crippen molar-refractivity contribution in [1.82, 2.24) is 0 Å². The van der Waals surface area contributed by atoms with Crippen LogP contribution < -0.4 is 0 Å². The first-order valence-electron chi connectivity index (χ1n) is 8.11. The molecule has 4 atom stereocenters. The molecule has 3 aliphatic rings. The molecule has 4 rings (SSSR count). The first-order valence-corrected chi connectivity index (χ1v) is 8.11. The first-order chi connectivity index (χ1) is 10.3. The van der Waals surface area contributed by atoms with E-state index in [9.17, 15) is 5.11 Å². The summed E-state index contributed by atoms with van der Waals surface area (Å²) in [5, 5.41) is 9.90. The molecule has 1 aromatic rings. The van der Waals surface area contributed by atoms with Crippen LogP contribution in [0.3, 0.4) is 0 Å². The van der Waals surface area contributed by atoms with E-state index >= 15 is 0 Å². The molecule has 22 heavy (non-hydrogen) atoms. The lowest BCUT2D eigenvalue weighted by Gasteiger charge is -2.61. The van der Waals surface area contributed by atoms with E-state index in [1.807, 2.05) is 12.1 Å². The highest BCUT2D eigenvalue weighted by molar-refractivity contribution is 5.38. The molecule has 1 aliphatic carbocycles. The van der Waals surface area contributed by atoms with Crippen LogP contribution in [0.15, 0.2) is 24.3 Å². The van der Waals surface area contributed by atoms with Gasteiger partial charge in [-0.3, -0.25) is 0 Å². The molecule has 3 fully saturated rings.